The third-order valence-electron chi connectivity index (χ3n) is 3.38. The summed E-state index contributed by atoms with van der Waals surface area (Å²) in [5, 5.41) is 3.19. The average molecular weight is 265 g/mol. The molecule has 0 aliphatic rings. The molecule has 108 valence electrons. The molecule has 0 spiro atoms. The molecule has 0 amide bonds. The molecule has 0 saturated heterocycles. The van der Waals surface area contributed by atoms with Gasteiger partial charge in [-0.3, -0.25) is 0 Å². The lowest BCUT2D eigenvalue weighted by atomic mass is 10.0. The lowest BCUT2D eigenvalue weighted by molar-refractivity contribution is -0.0269. The number of nitrogens with one attached hydrogen (secondary N) is 1. The van der Waals surface area contributed by atoms with Gasteiger partial charge in [-0.05, 0) is 39.8 Å². The van der Waals surface area contributed by atoms with Crippen molar-refractivity contribution in [1.82, 2.24) is 5.32 Å². The van der Waals surface area contributed by atoms with E-state index in [2.05, 4.69) is 50.4 Å². The zero-order valence-corrected chi connectivity index (χ0v) is 12.8. The second kappa shape index (κ2) is 7.63. The molecule has 1 aromatic carbocycles. The SMILES string of the molecule is CNCC(OCCC(C)(C)OC)c1cccc(C)c1. The Morgan fingerprint density at radius 1 is 1.32 bits per heavy atom. The first-order valence-corrected chi connectivity index (χ1v) is 6.86. The van der Waals surface area contributed by atoms with E-state index in [1.54, 1.807) is 7.11 Å². The van der Waals surface area contributed by atoms with Crippen molar-refractivity contribution in [3.63, 3.8) is 0 Å². The second-order valence-corrected chi connectivity index (χ2v) is 5.55. The maximum atomic E-state index is 6.02. The monoisotopic (exact) mass is 265 g/mol. The van der Waals surface area contributed by atoms with E-state index in [0.29, 0.717) is 6.61 Å². The van der Waals surface area contributed by atoms with Crippen molar-refractivity contribution in [2.75, 3.05) is 27.3 Å². The zero-order valence-electron chi connectivity index (χ0n) is 12.8. The minimum absolute atomic E-state index is 0.0950. The van der Waals surface area contributed by atoms with Crippen molar-refractivity contribution < 1.29 is 9.47 Å². The van der Waals surface area contributed by atoms with E-state index in [9.17, 15) is 0 Å². The van der Waals surface area contributed by atoms with Gasteiger partial charge in [0.15, 0.2) is 0 Å². The topological polar surface area (TPSA) is 30.5 Å². The molecule has 0 saturated carbocycles. The number of rotatable bonds is 8. The molecule has 0 fully saturated rings. The summed E-state index contributed by atoms with van der Waals surface area (Å²) in [6.45, 7) is 7.78. The van der Waals surface area contributed by atoms with Gasteiger partial charge in [-0.15, -0.1) is 0 Å². The van der Waals surface area contributed by atoms with Gasteiger partial charge in [0.1, 0.15) is 0 Å². The van der Waals surface area contributed by atoms with Gasteiger partial charge in [0.05, 0.1) is 18.3 Å². The Bertz CT molecular complexity index is 377. The van der Waals surface area contributed by atoms with E-state index in [-0.39, 0.29) is 11.7 Å². The predicted molar refractivity (Wildman–Crippen MR) is 79.5 cm³/mol. The molecule has 0 heterocycles. The molecule has 1 N–H and O–H groups in total. The van der Waals surface area contributed by atoms with Crippen LogP contribution in [0, 0.1) is 6.92 Å². The summed E-state index contributed by atoms with van der Waals surface area (Å²) in [6, 6.07) is 8.49. The quantitative estimate of drug-likeness (QED) is 0.783. The van der Waals surface area contributed by atoms with Gasteiger partial charge in [-0.2, -0.15) is 0 Å². The Balaban J connectivity index is 2.58. The Labute approximate surface area is 117 Å². The minimum atomic E-state index is -0.128. The summed E-state index contributed by atoms with van der Waals surface area (Å²) in [5.74, 6) is 0. The standard InChI is InChI=1S/C16H27NO2/c1-13-7-6-8-14(11-13)15(12-17-4)19-10-9-16(2,3)18-5/h6-8,11,15,17H,9-10,12H2,1-5H3. The molecule has 3 heteroatoms. The van der Waals surface area contributed by atoms with E-state index in [1.807, 2.05) is 7.05 Å². The molecule has 1 unspecified atom stereocenters. The van der Waals surface area contributed by atoms with Crippen molar-refractivity contribution in [2.45, 2.75) is 38.9 Å². The molecule has 19 heavy (non-hydrogen) atoms. The molecule has 0 aliphatic carbocycles. The lowest BCUT2D eigenvalue weighted by Gasteiger charge is -2.25. The summed E-state index contributed by atoms with van der Waals surface area (Å²) in [4.78, 5) is 0. The van der Waals surface area contributed by atoms with Crippen LogP contribution in [0.2, 0.25) is 0 Å². The summed E-state index contributed by atoms with van der Waals surface area (Å²) < 4.78 is 11.4. The Kier molecular flexibility index (Phi) is 6.49. The number of likely N-dealkylation sites (N-methyl/N-ethyl adjacent to an activating group) is 1. The summed E-state index contributed by atoms with van der Waals surface area (Å²) in [7, 11) is 3.69. The number of hydrogen-bond donors (Lipinski definition) is 1. The van der Waals surface area contributed by atoms with Crippen molar-refractivity contribution in [3.8, 4) is 0 Å². The smallest absolute Gasteiger partial charge is 0.0949 e. The maximum absolute atomic E-state index is 6.02. The molecule has 3 nitrogen and oxygen atoms in total. The Hall–Kier alpha value is -0.900. The number of benzene rings is 1. The van der Waals surface area contributed by atoms with Crippen LogP contribution in [0.3, 0.4) is 0 Å². The normalized spacial score (nSPS) is 13.5. The van der Waals surface area contributed by atoms with Crippen LogP contribution in [0.5, 0.6) is 0 Å². The fourth-order valence-corrected chi connectivity index (χ4v) is 1.88. The van der Waals surface area contributed by atoms with Crippen molar-refractivity contribution >= 4 is 0 Å². The molecule has 1 aromatic rings. The fourth-order valence-electron chi connectivity index (χ4n) is 1.88. The molecule has 1 atom stereocenters. The molecule has 0 aromatic heterocycles. The highest BCUT2D eigenvalue weighted by Crippen LogP contribution is 2.20. The van der Waals surface area contributed by atoms with Crippen LogP contribution in [0.15, 0.2) is 24.3 Å². The van der Waals surface area contributed by atoms with E-state index in [0.717, 1.165) is 13.0 Å². The van der Waals surface area contributed by atoms with E-state index in [1.165, 1.54) is 11.1 Å². The highest BCUT2D eigenvalue weighted by atomic mass is 16.5. The summed E-state index contributed by atoms with van der Waals surface area (Å²) in [5.41, 5.74) is 2.36. The first kappa shape index (κ1) is 16.2. The fraction of sp³-hybridized carbons (Fsp3) is 0.625. The van der Waals surface area contributed by atoms with Crippen LogP contribution in [0.4, 0.5) is 0 Å². The molecule has 0 bridgehead atoms. The van der Waals surface area contributed by atoms with Gasteiger partial charge in [-0.25, -0.2) is 0 Å². The Morgan fingerprint density at radius 2 is 2.05 bits per heavy atom. The van der Waals surface area contributed by atoms with Crippen molar-refractivity contribution in [2.24, 2.45) is 0 Å². The van der Waals surface area contributed by atoms with Gasteiger partial charge in [0.25, 0.3) is 0 Å². The first-order valence-electron chi connectivity index (χ1n) is 6.86. The van der Waals surface area contributed by atoms with Crippen LogP contribution in [0.1, 0.15) is 37.5 Å². The summed E-state index contributed by atoms with van der Waals surface area (Å²) >= 11 is 0. The Morgan fingerprint density at radius 3 is 2.63 bits per heavy atom. The van der Waals surface area contributed by atoms with Gasteiger partial charge in [0.2, 0.25) is 0 Å². The zero-order chi connectivity index (χ0) is 14.3. The molecule has 0 aliphatic heterocycles. The van der Waals surface area contributed by atoms with Crippen molar-refractivity contribution in [3.05, 3.63) is 35.4 Å². The first-order chi connectivity index (χ1) is 8.98. The highest BCUT2D eigenvalue weighted by molar-refractivity contribution is 5.24. The lowest BCUT2D eigenvalue weighted by Crippen LogP contribution is -2.26. The molecule has 1 rings (SSSR count). The maximum Gasteiger partial charge on any atom is 0.0949 e. The number of ether oxygens (including phenoxy) is 2. The predicted octanol–water partition coefficient (Wildman–Crippen LogP) is 3.09. The van der Waals surface area contributed by atoms with E-state index in [4.69, 9.17) is 9.47 Å². The van der Waals surface area contributed by atoms with Crippen LogP contribution in [0.25, 0.3) is 0 Å². The van der Waals surface area contributed by atoms with Crippen LogP contribution in [-0.2, 0) is 9.47 Å². The number of hydrogen-bond acceptors (Lipinski definition) is 3. The van der Waals surface area contributed by atoms with E-state index < -0.39 is 0 Å². The summed E-state index contributed by atoms with van der Waals surface area (Å²) in [6.07, 6.45) is 0.979. The van der Waals surface area contributed by atoms with Gasteiger partial charge >= 0.3 is 0 Å². The molecular formula is C16H27NO2. The van der Waals surface area contributed by atoms with Gasteiger partial charge in [-0.1, -0.05) is 29.8 Å². The number of methoxy groups -OCH3 is 1. The van der Waals surface area contributed by atoms with Crippen LogP contribution in [-0.4, -0.2) is 32.9 Å². The minimum Gasteiger partial charge on any atom is -0.379 e. The molecular weight excluding hydrogens is 238 g/mol. The van der Waals surface area contributed by atoms with Crippen LogP contribution < -0.4 is 5.32 Å². The van der Waals surface area contributed by atoms with Gasteiger partial charge in [0, 0.05) is 13.7 Å². The van der Waals surface area contributed by atoms with Crippen LogP contribution >= 0.6 is 0 Å². The van der Waals surface area contributed by atoms with E-state index >= 15 is 0 Å². The van der Waals surface area contributed by atoms with Crippen molar-refractivity contribution in [1.29, 1.82) is 0 Å². The average Bonchev–Trinajstić information content (AvgIpc) is 2.37. The van der Waals surface area contributed by atoms with Gasteiger partial charge < -0.3 is 14.8 Å². The highest BCUT2D eigenvalue weighted by Gasteiger charge is 2.18. The third-order valence-corrected chi connectivity index (χ3v) is 3.38. The molecule has 0 radical (unpaired) electrons. The third kappa shape index (κ3) is 5.72. The largest absolute Gasteiger partial charge is 0.379 e. The second-order valence-electron chi connectivity index (χ2n) is 5.55. The number of aryl methyl sites for hydroxylation is 1.